The molecule has 0 aliphatic rings. The second-order valence-electron chi connectivity index (χ2n) is 4.84. The first-order valence-electron chi connectivity index (χ1n) is 6.05. The van der Waals surface area contributed by atoms with Crippen LogP contribution in [0.4, 0.5) is 0 Å². The van der Waals surface area contributed by atoms with Crippen LogP contribution in [-0.4, -0.2) is 60.9 Å². The molecular weight excluding hydrogens is 220 g/mol. The van der Waals surface area contributed by atoms with E-state index in [0.717, 1.165) is 6.54 Å². The van der Waals surface area contributed by atoms with Gasteiger partial charge in [0.1, 0.15) is 0 Å². The topological polar surface area (TPSA) is 61.8 Å². The van der Waals surface area contributed by atoms with Crippen molar-refractivity contribution in [1.82, 2.24) is 10.2 Å². The summed E-state index contributed by atoms with van der Waals surface area (Å²) < 4.78 is 4.87. The van der Waals surface area contributed by atoms with Gasteiger partial charge < -0.3 is 15.2 Å². The van der Waals surface area contributed by atoms with E-state index in [1.165, 1.54) is 0 Å². The van der Waals surface area contributed by atoms with E-state index in [1.54, 1.807) is 21.0 Å². The number of nitrogens with zero attached hydrogens (tertiary/aromatic N) is 1. The Morgan fingerprint density at radius 1 is 1.53 bits per heavy atom. The Balaban J connectivity index is 4.23. The van der Waals surface area contributed by atoms with Crippen molar-refractivity contribution in [2.45, 2.75) is 39.3 Å². The van der Waals surface area contributed by atoms with Crippen molar-refractivity contribution in [1.29, 1.82) is 0 Å². The van der Waals surface area contributed by atoms with Gasteiger partial charge in [-0.25, -0.2) is 0 Å². The van der Waals surface area contributed by atoms with Gasteiger partial charge in [-0.15, -0.1) is 0 Å². The Bertz CT molecular complexity index is 226. The normalized spacial score (nSPS) is 13.8. The van der Waals surface area contributed by atoms with Crippen molar-refractivity contribution in [2.24, 2.45) is 0 Å². The molecule has 0 saturated heterocycles. The van der Waals surface area contributed by atoms with E-state index in [2.05, 4.69) is 5.32 Å². The fourth-order valence-corrected chi connectivity index (χ4v) is 1.61. The maximum atomic E-state index is 11.8. The molecule has 0 aromatic carbocycles. The predicted octanol–water partition coefficient (Wildman–Crippen LogP) is 0.230. The first-order valence-corrected chi connectivity index (χ1v) is 6.05. The van der Waals surface area contributed by atoms with Gasteiger partial charge >= 0.3 is 0 Å². The summed E-state index contributed by atoms with van der Waals surface area (Å²) in [6.45, 7) is 9.53. The van der Waals surface area contributed by atoms with Crippen LogP contribution in [0.25, 0.3) is 0 Å². The predicted molar refractivity (Wildman–Crippen MR) is 67.9 cm³/mol. The highest BCUT2D eigenvalue weighted by atomic mass is 16.5. The van der Waals surface area contributed by atoms with E-state index in [1.807, 2.05) is 18.7 Å². The van der Waals surface area contributed by atoms with Crippen molar-refractivity contribution in [3.63, 3.8) is 0 Å². The summed E-state index contributed by atoms with van der Waals surface area (Å²) >= 11 is 0. The van der Waals surface area contributed by atoms with Crippen LogP contribution in [0.5, 0.6) is 0 Å². The van der Waals surface area contributed by atoms with E-state index in [0.29, 0.717) is 19.7 Å². The number of hydrogen-bond acceptors (Lipinski definition) is 4. The monoisotopic (exact) mass is 246 g/mol. The molecule has 0 aromatic heterocycles. The van der Waals surface area contributed by atoms with E-state index in [4.69, 9.17) is 4.74 Å². The SMILES string of the molecule is CCN(CC(C)(C)O)C(C)C(=O)NCCOC. The maximum Gasteiger partial charge on any atom is 0.237 e. The van der Waals surface area contributed by atoms with Crippen LogP contribution in [0.1, 0.15) is 27.7 Å². The van der Waals surface area contributed by atoms with Crippen LogP contribution >= 0.6 is 0 Å². The summed E-state index contributed by atoms with van der Waals surface area (Å²) in [4.78, 5) is 13.8. The molecule has 0 radical (unpaired) electrons. The van der Waals surface area contributed by atoms with Gasteiger partial charge in [0.05, 0.1) is 18.2 Å². The van der Waals surface area contributed by atoms with Crippen molar-refractivity contribution in [3.05, 3.63) is 0 Å². The number of hydrogen-bond donors (Lipinski definition) is 2. The molecule has 0 saturated carbocycles. The summed E-state index contributed by atoms with van der Waals surface area (Å²) in [5, 5.41) is 12.6. The first-order chi connectivity index (χ1) is 7.81. The number of ether oxygens (including phenoxy) is 1. The molecule has 1 unspecified atom stereocenters. The Morgan fingerprint density at radius 3 is 2.53 bits per heavy atom. The molecule has 0 rings (SSSR count). The van der Waals surface area contributed by atoms with Crippen molar-refractivity contribution in [3.8, 4) is 0 Å². The number of carbonyl (C=O) groups is 1. The Kier molecular flexibility index (Phi) is 7.34. The van der Waals surface area contributed by atoms with Crippen LogP contribution < -0.4 is 5.32 Å². The van der Waals surface area contributed by atoms with Crippen molar-refractivity contribution >= 4 is 5.91 Å². The zero-order valence-corrected chi connectivity index (χ0v) is 11.6. The molecule has 0 aromatic rings. The molecule has 0 heterocycles. The third-order valence-electron chi connectivity index (χ3n) is 2.53. The van der Waals surface area contributed by atoms with E-state index in [9.17, 15) is 9.90 Å². The zero-order valence-electron chi connectivity index (χ0n) is 11.6. The highest BCUT2D eigenvalue weighted by Crippen LogP contribution is 2.08. The van der Waals surface area contributed by atoms with Crippen molar-refractivity contribution in [2.75, 3.05) is 33.4 Å². The van der Waals surface area contributed by atoms with E-state index < -0.39 is 5.60 Å². The molecule has 0 aliphatic heterocycles. The number of aliphatic hydroxyl groups is 1. The largest absolute Gasteiger partial charge is 0.389 e. The molecule has 102 valence electrons. The standard InChI is InChI=1S/C12H26N2O3/c1-6-14(9-12(3,4)16)10(2)11(15)13-7-8-17-5/h10,16H,6-9H2,1-5H3,(H,13,15). The molecular formula is C12H26N2O3. The summed E-state index contributed by atoms with van der Waals surface area (Å²) in [5.74, 6) is -0.0341. The Hall–Kier alpha value is -0.650. The molecule has 1 amide bonds. The lowest BCUT2D eigenvalue weighted by molar-refractivity contribution is -0.127. The summed E-state index contributed by atoms with van der Waals surface area (Å²) in [5.41, 5.74) is -0.795. The molecule has 17 heavy (non-hydrogen) atoms. The molecule has 1 atom stereocenters. The lowest BCUT2D eigenvalue weighted by Gasteiger charge is -2.32. The van der Waals surface area contributed by atoms with Crippen LogP contribution in [0, 0.1) is 0 Å². The minimum absolute atomic E-state index is 0.0341. The summed E-state index contributed by atoms with van der Waals surface area (Å²) in [6.07, 6.45) is 0. The van der Waals surface area contributed by atoms with Crippen LogP contribution in [-0.2, 0) is 9.53 Å². The van der Waals surface area contributed by atoms with Gasteiger partial charge in [-0.3, -0.25) is 9.69 Å². The van der Waals surface area contributed by atoms with E-state index in [-0.39, 0.29) is 11.9 Å². The number of likely N-dealkylation sites (N-methyl/N-ethyl adjacent to an activating group) is 1. The number of amides is 1. The summed E-state index contributed by atoms with van der Waals surface area (Å²) in [6, 6.07) is -0.247. The summed E-state index contributed by atoms with van der Waals surface area (Å²) in [7, 11) is 1.60. The van der Waals surface area contributed by atoms with Gasteiger partial charge in [-0.2, -0.15) is 0 Å². The van der Waals surface area contributed by atoms with Gasteiger partial charge in [-0.1, -0.05) is 6.92 Å². The van der Waals surface area contributed by atoms with Crippen LogP contribution in [0.15, 0.2) is 0 Å². The number of rotatable bonds is 8. The number of methoxy groups -OCH3 is 1. The lowest BCUT2D eigenvalue weighted by Crippen LogP contribution is -2.50. The Morgan fingerprint density at radius 2 is 2.12 bits per heavy atom. The molecule has 0 fully saturated rings. The third-order valence-corrected chi connectivity index (χ3v) is 2.53. The van der Waals surface area contributed by atoms with Crippen LogP contribution in [0.3, 0.4) is 0 Å². The second-order valence-corrected chi connectivity index (χ2v) is 4.84. The minimum atomic E-state index is -0.795. The van der Waals surface area contributed by atoms with Gasteiger partial charge in [-0.05, 0) is 27.3 Å². The molecule has 2 N–H and O–H groups in total. The maximum absolute atomic E-state index is 11.8. The third kappa shape index (κ3) is 7.31. The van der Waals surface area contributed by atoms with Gasteiger partial charge in [0.15, 0.2) is 0 Å². The van der Waals surface area contributed by atoms with Crippen molar-refractivity contribution < 1.29 is 14.6 Å². The fourth-order valence-electron chi connectivity index (χ4n) is 1.61. The number of carbonyl (C=O) groups excluding carboxylic acids is 1. The molecule has 0 spiro atoms. The van der Waals surface area contributed by atoms with Gasteiger partial charge in [0.25, 0.3) is 0 Å². The number of nitrogens with one attached hydrogen (secondary N) is 1. The quantitative estimate of drug-likeness (QED) is 0.602. The molecule has 5 heteroatoms. The highest BCUT2D eigenvalue weighted by molar-refractivity contribution is 5.81. The average molecular weight is 246 g/mol. The second kappa shape index (κ2) is 7.63. The van der Waals surface area contributed by atoms with Crippen LogP contribution in [0.2, 0.25) is 0 Å². The van der Waals surface area contributed by atoms with E-state index >= 15 is 0 Å². The molecule has 0 bridgehead atoms. The highest BCUT2D eigenvalue weighted by Gasteiger charge is 2.25. The lowest BCUT2D eigenvalue weighted by atomic mass is 10.1. The first kappa shape index (κ1) is 16.4. The molecule has 5 nitrogen and oxygen atoms in total. The zero-order chi connectivity index (χ0) is 13.5. The fraction of sp³-hybridized carbons (Fsp3) is 0.917. The van der Waals surface area contributed by atoms with Gasteiger partial charge in [0, 0.05) is 20.2 Å². The smallest absolute Gasteiger partial charge is 0.237 e. The van der Waals surface area contributed by atoms with Gasteiger partial charge in [0.2, 0.25) is 5.91 Å². The Labute approximate surface area is 104 Å². The molecule has 0 aliphatic carbocycles. The minimum Gasteiger partial charge on any atom is -0.389 e. The average Bonchev–Trinajstić information content (AvgIpc) is 2.23.